The second kappa shape index (κ2) is 8.28. The normalized spacial score (nSPS) is 12.0. The quantitative estimate of drug-likeness (QED) is 0.726. The lowest BCUT2D eigenvalue weighted by Crippen LogP contribution is -2.35. The number of rotatable bonds is 6. The highest BCUT2D eigenvalue weighted by Crippen LogP contribution is 2.25. The van der Waals surface area contributed by atoms with E-state index in [2.05, 4.69) is 15.3 Å². The summed E-state index contributed by atoms with van der Waals surface area (Å²) in [6, 6.07) is 5.12. The molecule has 0 radical (unpaired) electrons. The van der Waals surface area contributed by atoms with Crippen LogP contribution in [0.5, 0.6) is 0 Å². The first-order chi connectivity index (χ1) is 11.4. The second-order valence-electron chi connectivity index (χ2n) is 5.22. The molecular weight excluding hydrogens is 353 g/mol. The summed E-state index contributed by atoms with van der Waals surface area (Å²) in [5, 5.41) is 12.9. The van der Waals surface area contributed by atoms with E-state index in [1.54, 1.807) is 25.1 Å². The van der Waals surface area contributed by atoms with Crippen LogP contribution in [0.3, 0.4) is 0 Å². The molecule has 0 saturated carbocycles. The number of H-pyrrole nitrogens is 1. The van der Waals surface area contributed by atoms with Crippen LogP contribution >= 0.6 is 23.2 Å². The first-order valence-electron chi connectivity index (χ1n) is 7.39. The maximum absolute atomic E-state index is 12.1. The Kier molecular flexibility index (Phi) is 6.36. The van der Waals surface area contributed by atoms with Crippen molar-refractivity contribution in [3.05, 3.63) is 61.7 Å². The number of hydrogen-bond acceptors (Lipinski definition) is 4. The van der Waals surface area contributed by atoms with Crippen LogP contribution in [0.2, 0.25) is 10.0 Å². The summed E-state index contributed by atoms with van der Waals surface area (Å²) in [5.74, 6) is -0.237. The van der Waals surface area contributed by atoms with Gasteiger partial charge < -0.3 is 15.4 Å². The van der Waals surface area contributed by atoms with E-state index in [-0.39, 0.29) is 18.5 Å². The van der Waals surface area contributed by atoms with E-state index < -0.39 is 17.6 Å². The molecule has 0 bridgehead atoms. The Morgan fingerprint density at radius 3 is 2.62 bits per heavy atom. The van der Waals surface area contributed by atoms with E-state index in [4.69, 9.17) is 23.2 Å². The van der Waals surface area contributed by atoms with E-state index in [1.807, 2.05) is 0 Å². The van der Waals surface area contributed by atoms with E-state index in [0.29, 0.717) is 27.9 Å². The molecule has 0 spiro atoms. The van der Waals surface area contributed by atoms with Gasteiger partial charge in [-0.05, 0) is 24.1 Å². The maximum atomic E-state index is 12.1. The predicted octanol–water partition coefficient (Wildman–Crippen LogP) is 2.17. The Morgan fingerprint density at radius 1 is 1.38 bits per heavy atom. The average molecular weight is 370 g/mol. The maximum Gasteiger partial charge on any atom is 0.263 e. The highest BCUT2D eigenvalue weighted by atomic mass is 35.5. The molecule has 1 heterocycles. The number of aliphatic hydroxyl groups excluding tert-OH is 1. The largest absolute Gasteiger partial charge is 0.391 e. The Bertz CT molecular complexity index is 772. The van der Waals surface area contributed by atoms with Crippen molar-refractivity contribution < 1.29 is 9.90 Å². The van der Waals surface area contributed by atoms with Crippen LogP contribution in [0.1, 0.15) is 35.1 Å². The topological polar surface area (TPSA) is 95.1 Å². The van der Waals surface area contributed by atoms with Crippen LogP contribution < -0.4 is 10.9 Å². The van der Waals surface area contributed by atoms with Crippen molar-refractivity contribution in [3.63, 3.8) is 0 Å². The Hall–Kier alpha value is -1.89. The van der Waals surface area contributed by atoms with Crippen LogP contribution in [-0.4, -0.2) is 33.6 Å². The summed E-state index contributed by atoms with van der Waals surface area (Å²) >= 11 is 12.2. The molecule has 24 heavy (non-hydrogen) atoms. The van der Waals surface area contributed by atoms with Crippen molar-refractivity contribution in [2.75, 3.05) is 6.54 Å². The number of nitrogens with zero attached hydrogens (tertiary/aromatic N) is 1. The summed E-state index contributed by atoms with van der Waals surface area (Å²) in [6.07, 6.45) is 1.30. The minimum atomic E-state index is -0.650. The van der Waals surface area contributed by atoms with Gasteiger partial charge in [-0.2, -0.15) is 0 Å². The van der Waals surface area contributed by atoms with Crippen LogP contribution in [0.4, 0.5) is 0 Å². The number of carbonyl (C=O) groups is 1. The fourth-order valence-electron chi connectivity index (χ4n) is 2.00. The number of halogens is 2. The van der Waals surface area contributed by atoms with Gasteiger partial charge in [0.2, 0.25) is 0 Å². The molecule has 8 heteroatoms. The molecule has 0 fully saturated rings. The van der Waals surface area contributed by atoms with Gasteiger partial charge in [0.05, 0.1) is 6.10 Å². The van der Waals surface area contributed by atoms with Gasteiger partial charge in [0, 0.05) is 29.2 Å². The van der Waals surface area contributed by atoms with E-state index >= 15 is 0 Å². The minimum absolute atomic E-state index is 0.0752. The lowest BCUT2D eigenvalue weighted by atomic mass is 10.1. The van der Waals surface area contributed by atoms with Gasteiger partial charge in [-0.25, -0.2) is 4.98 Å². The van der Waals surface area contributed by atoms with Gasteiger partial charge in [-0.1, -0.05) is 36.2 Å². The molecule has 1 aromatic carbocycles. The number of nitrogens with one attached hydrogen (secondary N) is 2. The fraction of sp³-hybridized carbons (Fsp3) is 0.312. The summed E-state index contributed by atoms with van der Waals surface area (Å²) in [4.78, 5) is 30.7. The highest BCUT2D eigenvalue weighted by molar-refractivity contribution is 6.36. The molecule has 1 amide bonds. The Morgan fingerprint density at radius 2 is 2.04 bits per heavy atom. The molecule has 0 aliphatic rings. The third-order valence-electron chi connectivity index (χ3n) is 3.47. The molecule has 0 aliphatic heterocycles. The average Bonchev–Trinajstić information content (AvgIpc) is 2.56. The molecule has 0 saturated heterocycles. The molecule has 128 valence electrons. The summed E-state index contributed by atoms with van der Waals surface area (Å²) in [7, 11) is 0. The first-order valence-corrected chi connectivity index (χ1v) is 8.15. The predicted molar refractivity (Wildman–Crippen MR) is 92.8 cm³/mol. The fourth-order valence-corrected chi connectivity index (χ4v) is 2.53. The van der Waals surface area contributed by atoms with Gasteiger partial charge in [0.25, 0.3) is 11.5 Å². The van der Waals surface area contributed by atoms with Crippen molar-refractivity contribution in [1.82, 2.24) is 15.3 Å². The lowest BCUT2D eigenvalue weighted by Gasteiger charge is -2.09. The summed E-state index contributed by atoms with van der Waals surface area (Å²) < 4.78 is 0. The van der Waals surface area contributed by atoms with Crippen molar-refractivity contribution >= 4 is 29.1 Å². The molecule has 1 unspecified atom stereocenters. The van der Waals surface area contributed by atoms with Crippen LogP contribution in [-0.2, 0) is 6.42 Å². The van der Waals surface area contributed by atoms with Crippen LogP contribution in [0.15, 0.2) is 29.2 Å². The zero-order valence-electron chi connectivity index (χ0n) is 13.0. The number of carbonyl (C=O) groups excluding carboxylic acids is 1. The number of amides is 1. The molecule has 1 atom stereocenters. The standard InChI is InChI=1S/C16H17Cl2N3O3/c1-2-9(22)7-20-15(23)11-8-19-14(21-16(11)24)6-10-12(17)4-3-5-13(10)18/h3-5,8-9,22H,2,6-7H2,1H3,(H,20,23)(H,19,21,24). The van der Waals surface area contributed by atoms with Gasteiger partial charge in [0.1, 0.15) is 11.4 Å². The first kappa shape index (κ1) is 18.4. The molecular formula is C16H17Cl2N3O3. The zero-order chi connectivity index (χ0) is 17.7. The molecule has 2 rings (SSSR count). The van der Waals surface area contributed by atoms with Crippen LogP contribution in [0, 0.1) is 0 Å². The van der Waals surface area contributed by atoms with E-state index in [9.17, 15) is 14.7 Å². The van der Waals surface area contributed by atoms with Crippen molar-refractivity contribution in [2.45, 2.75) is 25.9 Å². The van der Waals surface area contributed by atoms with Crippen LogP contribution in [0.25, 0.3) is 0 Å². The Balaban J connectivity index is 2.15. The number of aromatic amines is 1. The smallest absolute Gasteiger partial charge is 0.263 e. The van der Waals surface area contributed by atoms with E-state index in [1.165, 1.54) is 6.20 Å². The SMILES string of the molecule is CCC(O)CNC(=O)c1cnc(Cc2c(Cl)cccc2Cl)[nH]c1=O. The van der Waals surface area contributed by atoms with Crippen molar-refractivity contribution in [2.24, 2.45) is 0 Å². The molecule has 3 N–H and O–H groups in total. The van der Waals surface area contributed by atoms with Gasteiger partial charge >= 0.3 is 0 Å². The van der Waals surface area contributed by atoms with Gasteiger partial charge in [-0.15, -0.1) is 0 Å². The van der Waals surface area contributed by atoms with Crippen molar-refractivity contribution in [1.29, 1.82) is 0 Å². The van der Waals surface area contributed by atoms with Crippen molar-refractivity contribution in [3.8, 4) is 0 Å². The monoisotopic (exact) mass is 369 g/mol. The summed E-state index contributed by atoms with van der Waals surface area (Å²) in [6.45, 7) is 1.87. The molecule has 6 nitrogen and oxygen atoms in total. The molecule has 2 aromatic rings. The number of hydrogen-bond donors (Lipinski definition) is 3. The summed E-state index contributed by atoms with van der Waals surface area (Å²) in [5.41, 5.74) is -0.0359. The molecule has 1 aromatic heterocycles. The third kappa shape index (κ3) is 4.56. The van der Waals surface area contributed by atoms with Gasteiger partial charge in [-0.3, -0.25) is 9.59 Å². The van der Waals surface area contributed by atoms with E-state index in [0.717, 1.165) is 0 Å². The number of aliphatic hydroxyl groups is 1. The number of aromatic nitrogens is 2. The minimum Gasteiger partial charge on any atom is -0.391 e. The second-order valence-corrected chi connectivity index (χ2v) is 6.04. The van der Waals surface area contributed by atoms with Gasteiger partial charge in [0.15, 0.2) is 0 Å². The molecule has 0 aliphatic carbocycles. The third-order valence-corrected chi connectivity index (χ3v) is 4.18. The zero-order valence-corrected chi connectivity index (χ0v) is 14.5. The lowest BCUT2D eigenvalue weighted by molar-refractivity contribution is 0.0912. The Labute approximate surface area is 148 Å². The highest BCUT2D eigenvalue weighted by Gasteiger charge is 2.14. The number of benzene rings is 1.